The quantitative estimate of drug-likeness (QED) is 0.114. The minimum atomic E-state index is -4.55. The van der Waals surface area contributed by atoms with E-state index in [1.165, 1.54) is 31.2 Å². The van der Waals surface area contributed by atoms with Gasteiger partial charge < -0.3 is 14.6 Å². The van der Waals surface area contributed by atoms with Crippen LogP contribution in [0.4, 0.5) is 13.2 Å². The van der Waals surface area contributed by atoms with Crippen LogP contribution in [0.5, 0.6) is 17.4 Å². The van der Waals surface area contributed by atoms with Crippen LogP contribution in [0.15, 0.2) is 60.8 Å². The molecule has 0 radical (unpaired) electrons. The smallest absolute Gasteiger partial charge is 0.417 e. The lowest BCUT2D eigenvalue weighted by molar-refractivity contribution is -0.144. The van der Waals surface area contributed by atoms with Gasteiger partial charge in [0.1, 0.15) is 16.5 Å². The van der Waals surface area contributed by atoms with Crippen LogP contribution in [-0.4, -0.2) is 46.3 Å². The van der Waals surface area contributed by atoms with E-state index < -0.39 is 38.8 Å². The number of fused-ring (bicyclic) bond motifs is 1. The molecule has 0 spiro atoms. The topological polar surface area (TPSA) is 106 Å². The van der Waals surface area contributed by atoms with Gasteiger partial charge in [-0.15, -0.1) is 0 Å². The fourth-order valence-electron chi connectivity index (χ4n) is 2.96. The maximum Gasteiger partial charge on any atom is 0.417 e. The number of halogens is 8. The number of pyridine rings is 1. The van der Waals surface area contributed by atoms with E-state index in [0.717, 1.165) is 10.4 Å². The molecule has 1 N–H and O–H groups in total. The highest BCUT2D eigenvalue weighted by molar-refractivity contribution is 14.1. The number of rotatable bonds is 6. The fraction of sp³-hybridized carbons (Fsp3) is 0.200. The molecular weight excluding hydrogens is 782 g/mol. The van der Waals surface area contributed by atoms with Crippen LogP contribution < -0.4 is 9.47 Å². The van der Waals surface area contributed by atoms with Crippen molar-refractivity contribution in [1.82, 2.24) is 9.29 Å². The molecule has 1 aliphatic rings. The van der Waals surface area contributed by atoms with Crippen molar-refractivity contribution in [3.63, 3.8) is 0 Å². The van der Waals surface area contributed by atoms with E-state index in [4.69, 9.17) is 61.0 Å². The van der Waals surface area contributed by atoms with Crippen LogP contribution >= 0.6 is 80.9 Å². The van der Waals surface area contributed by atoms with Crippen molar-refractivity contribution < 1.29 is 42.1 Å². The Morgan fingerprint density at radius 3 is 1.93 bits per heavy atom. The number of ether oxygens (including phenoxy) is 2. The predicted molar refractivity (Wildman–Crippen MR) is 163 cm³/mol. The van der Waals surface area contributed by atoms with Gasteiger partial charge in [0.05, 0.1) is 16.7 Å². The largest absolute Gasteiger partial charge is 0.479 e. The van der Waals surface area contributed by atoms with Gasteiger partial charge in [-0.2, -0.15) is 13.2 Å². The lowest BCUT2D eigenvalue weighted by atomic mass is 10.1. The molecule has 1 aliphatic heterocycles. The Hall–Kier alpha value is -2.17. The zero-order chi connectivity index (χ0) is 31.8. The SMILES string of the molecule is CI.C[C@@H](Oc1ccc(Oc2ncc(C(F)(F)F)cc2Cl)cc1)C(=O)O.O=C1c2ccccc2C(=O)N1SC(Cl)(Cl)Cl. The van der Waals surface area contributed by atoms with Crippen molar-refractivity contribution in [3.8, 4) is 17.4 Å². The Labute approximate surface area is 275 Å². The zero-order valence-electron chi connectivity index (χ0n) is 21.2. The lowest BCUT2D eigenvalue weighted by Gasteiger charge is -2.17. The Morgan fingerprint density at radius 1 is 1.00 bits per heavy atom. The maximum absolute atomic E-state index is 12.5. The van der Waals surface area contributed by atoms with Crippen molar-refractivity contribution in [3.05, 3.63) is 82.5 Å². The highest BCUT2D eigenvalue weighted by Crippen LogP contribution is 2.44. The first kappa shape index (κ1) is 36.0. The molecule has 0 unspecified atom stereocenters. The molecule has 226 valence electrons. The van der Waals surface area contributed by atoms with Gasteiger partial charge in [0, 0.05) is 18.1 Å². The van der Waals surface area contributed by atoms with Gasteiger partial charge in [0.15, 0.2) is 6.10 Å². The third-order valence-electron chi connectivity index (χ3n) is 4.79. The number of alkyl halides is 7. The first-order valence-corrected chi connectivity index (χ1v) is 15.5. The van der Waals surface area contributed by atoms with Crippen molar-refractivity contribution >= 4 is 98.7 Å². The summed E-state index contributed by atoms with van der Waals surface area (Å²) in [5.41, 5.74) is -0.324. The molecular formula is C25H18Cl4F3IN2O6S. The highest BCUT2D eigenvalue weighted by Gasteiger charge is 2.40. The summed E-state index contributed by atoms with van der Waals surface area (Å²) in [5.74, 6) is -1.68. The van der Waals surface area contributed by atoms with E-state index in [9.17, 15) is 27.6 Å². The van der Waals surface area contributed by atoms with Gasteiger partial charge in [-0.1, -0.05) is 81.1 Å². The molecule has 1 atom stereocenters. The van der Waals surface area contributed by atoms with Crippen LogP contribution in [-0.2, 0) is 11.0 Å². The van der Waals surface area contributed by atoms with Crippen LogP contribution in [0.3, 0.4) is 0 Å². The number of imide groups is 1. The average molecular weight is 800 g/mol. The highest BCUT2D eigenvalue weighted by atomic mass is 127. The first-order chi connectivity index (χ1) is 19.6. The number of hydrogen-bond donors (Lipinski definition) is 1. The summed E-state index contributed by atoms with van der Waals surface area (Å²) in [5, 5.41) is 8.46. The number of carboxylic acid groups (broad SMARTS) is 1. The van der Waals surface area contributed by atoms with Crippen LogP contribution in [0.25, 0.3) is 0 Å². The fourth-order valence-corrected chi connectivity index (χ4v) is 4.36. The number of benzene rings is 2. The number of carbonyl (C=O) groups is 3. The van der Waals surface area contributed by atoms with Gasteiger partial charge in [0.25, 0.3) is 14.9 Å². The molecule has 8 nitrogen and oxygen atoms in total. The normalized spacial score (nSPS) is 13.2. The van der Waals surface area contributed by atoms with Gasteiger partial charge in [-0.25, -0.2) is 14.1 Å². The standard InChI is InChI=1S/C15H11ClF3NO4.C9H4Cl3NO2S.CH3I/c1-8(14(21)22)23-10-2-4-11(5-3-10)24-13-12(16)6-9(7-20-13)15(17,18)19;10-9(11,12)16-13-7(14)5-3-1-2-4-6(5)8(13)15;1-2/h2-8H,1H3,(H,21,22);1-4H;1H3/t8-;;/m1../s1. The van der Waals surface area contributed by atoms with E-state index in [1.807, 2.05) is 4.93 Å². The number of amides is 2. The summed E-state index contributed by atoms with van der Waals surface area (Å²) in [6.07, 6.45) is -4.95. The molecule has 0 saturated carbocycles. The average Bonchev–Trinajstić information content (AvgIpc) is 3.15. The summed E-state index contributed by atoms with van der Waals surface area (Å²) in [6, 6.07) is 13.0. The van der Waals surface area contributed by atoms with Crippen LogP contribution in [0, 0.1) is 0 Å². The number of nitrogens with zero attached hydrogens (tertiary/aromatic N) is 2. The maximum atomic E-state index is 12.5. The Morgan fingerprint density at radius 2 is 1.50 bits per heavy atom. The third-order valence-corrected chi connectivity index (χ3v) is 6.40. The molecule has 0 aliphatic carbocycles. The molecule has 2 aromatic carbocycles. The number of carboxylic acids is 1. The second-order valence-electron chi connectivity index (χ2n) is 7.67. The lowest BCUT2D eigenvalue weighted by Crippen LogP contribution is -2.25. The molecule has 2 amide bonds. The van der Waals surface area contributed by atoms with E-state index in [2.05, 4.69) is 27.6 Å². The second-order valence-corrected chi connectivity index (χ2v) is 12.2. The van der Waals surface area contributed by atoms with E-state index in [1.54, 1.807) is 24.3 Å². The number of aromatic nitrogens is 1. The summed E-state index contributed by atoms with van der Waals surface area (Å²) in [7, 11) is 0. The Kier molecular flexibility index (Phi) is 13.3. The minimum Gasteiger partial charge on any atom is -0.479 e. The van der Waals surface area contributed by atoms with Crippen molar-refractivity contribution in [1.29, 1.82) is 0 Å². The molecule has 2 heterocycles. The second kappa shape index (κ2) is 15.5. The number of carbonyl (C=O) groups excluding carboxylic acids is 2. The number of aliphatic carboxylic acids is 1. The molecule has 3 aromatic rings. The van der Waals surface area contributed by atoms with E-state index in [0.29, 0.717) is 35.0 Å². The van der Waals surface area contributed by atoms with Crippen LogP contribution in [0.1, 0.15) is 33.2 Å². The summed E-state index contributed by atoms with van der Waals surface area (Å²) in [4.78, 5) is 39.8. The van der Waals surface area contributed by atoms with Crippen molar-refractivity contribution in [2.75, 3.05) is 4.93 Å². The summed E-state index contributed by atoms with van der Waals surface area (Å²) < 4.78 is 47.2. The van der Waals surface area contributed by atoms with Gasteiger partial charge in [-0.3, -0.25) is 9.59 Å². The molecule has 0 saturated heterocycles. The van der Waals surface area contributed by atoms with Gasteiger partial charge in [0.2, 0.25) is 5.88 Å². The number of hydrogen-bond acceptors (Lipinski definition) is 7. The molecule has 0 bridgehead atoms. The summed E-state index contributed by atoms with van der Waals surface area (Å²) in [6.45, 7) is 1.37. The van der Waals surface area contributed by atoms with Crippen molar-refractivity contribution in [2.24, 2.45) is 0 Å². The van der Waals surface area contributed by atoms with E-state index in [-0.39, 0.29) is 16.7 Å². The Balaban J connectivity index is 0.000000296. The van der Waals surface area contributed by atoms with Gasteiger partial charge >= 0.3 is 12.1 Å². The molecule has 42 heavy (non-hydrogen) atoms. The van der Waals surface area contributed by atoms with Crippen LogP contribution in [0.2, 0.25) is 5.02 Å². The molecule has 1 aromatic heterocycles. The third kappa shape index (κ3) is 10.2. The monoisotopic (exact) mass is 798 g/mol. The Bertz CT molecular complexity index is 1390. The molecule has 17 heteroatoms. The van der Waals surface area contributed by atoms with Crippen molar-refractivity contribution in [2.45, 2.75) is 22.3 Å². The molecule has 0 fully saturated rings. The summed E-state index contributed by atoms with van der Waals surface area (Å²) >= 11 is 25.1. The van der Waals surface area contributed by atoms with Gasteiger partial charge in [-0.05, 0) is 54.3 Å². The zero-order valence-corrected chi connectivity index (χ0v) is 27.2. The minimum absolute atomic E-state index is 0.183. The predicted octanol–water partition coefficient (Wildman–Crippen LogP) is 8.71. The van der Waals surface area contributed by atoms with E-state index >= 15 is 0 Å². The molecule has 4 rings (SSSR count). The first-order valence-electron chi connectivity index (χ1n) is 11.1.